The molecule has 1 heterocycles. The number of carbonyl (C=O) groups is 1. The van der Waals surface area contributed by atoms with Crippen LogP contribution < -0.4 is 5.32 Å². The van der Waals surface area contributed by atoms with Crippen molar-refractivity contribution in [2.24, 2.45) is 0 Å². The summed E-state index contributed by atoms with van der Waals surface area (Å²) in [5.41, 5.74) is 1.41. The maximum Gasteiger partial charge on any atom is 0.251 e. The van der Waals surface area contributed by atoms with Gasteiger partial charge in [-0.3, -0.25) is 4.79 Å². The van der Waals surface area contributed by atoms with E-state index < -0.39 is 0 Å². The third-order valence-electron chi connectivity index (χ3n) is 3.15. The first-order valence-corrected chi connectivity index (χ1v) is 6.88. The van der Waals surface area contributed by atoms with Crippen molar-refractivity contribution in [3.63, 3.8) is 0 Å². The topological polar surface area (TPSA) is 58.6 Å². The van der Waals surface area contributed by atoms with Crippen molar-refractivity contribution in [1.82, 2.24) is 5.32 Å². The van der Waals surface area contributed by atoms with Gasteiger partial charge in [-0.1, -0.05) is 17.9 Å². The van der Waals surface area contributed by atoms with Crippen LogP contribution >= 0.6 is 0 Å². The molecule has 1 aliphatic heterocycles. The lowest BCUT2D eigenvalue weighted by atomic mass is 10.1. The maximum absolute atomic E-state index is 12.2. The van der Waals surface area contributed by atoms with E-state index in [9.17, 15) is 4.79 Å². The predicted molar refractivity (Wildman–Crippen MR) is 76.3 cm³/mol. The number of nitrogens with one attached hydrogen (secondary N) is 1. The molecule has 0 radical (unpaired) electrons. The van der Waals surface area contributed by atoms with Crippen molar-refractivity contribution in [1.29, 1.82) is 0 Å². The van der Waals surface area contributed by atoms with Crippen molar-refractivity contribution in [3.8, 4) is 11.8 Å². The Morgan fingerprint density at radius 2 is 2.20 bits per heavy atom. The second-order valence-electron chi connectivity index (χ2n) is 4.72. The highest BCUT2D eigenvalue weighted by molar-refractivity contribution is 5.94. The molecule has 1 aliphatic rings. The summed E-state index contributed by atoms with van der Waals surface area (Å²) in [7, 11) is 0. The van der Waals surface area contributed by atoms with E-state index in [2.05, 4.69) is 17.2 Å². The fourth-order valence-corrected chi connectivity index (χ4v) is 2.07. The van der Waals surface area contributed by atoms with Gasteiger partial charge in [-0.2, -0.15) is 0 Å². The molecular weight excluding hydrogens is 254 g/mol. The smallest absolute Gasteiger partial charge is 0.251 e. The minimum absolute atomic E-state index is 0.0525. The number of rotatable bonds is 3. The first-order chi connectivity index (χ1) is 9.79. The predicted octanol–water partition coefficient (Wildman–Crippen LogP) is 1.33. The molecule has 1 aromatic rings. The van der Waals surface area contributed by atoms with Crippen molar-refractivity contribution < 1.29 is 14.6 Å². The van der Waals surface area contributed by atoms with Crippen LogP contribution in [0.3, 0.4) is 0 Å². The third-order valence-corrected chi connectivity index (χ3v) is 3.15. The van der Waals surface area contributed by atoms with Gasteiger partial charge in [0.25, 0.3) is 5.91 Å². The van der Waals surface area contributed by atoms with E-state index in [0.717, 1.165) is 18.4 Å². The van der Waals surface area contributed by atoms with Crippen molar-refractivity contribution in [3.05, 3.63) is 35.4 Å². The molecule has 0 unspecified atom stereocenters. The largest absolute Gasteiger partial charge is 0.395 e. The fourth-order valence-electron chi connectivity index (χ4n) is 2.07. The van der Waals surface area contributed by atoms with Crippen LogP contribution in [0.4, 0.5) is 0 Å². The van der Waals surface area contributed by atoms with Gasteiger partial charge in [0.2, 0.25) is 0 Å². The number of ether oxygens (including phenoxy) is 1. The molecule has 4 nitrogen and oxygen atoms in total. The molecule has 0 atom stereocenters. The van der Waals surface area contributed by atoms with Gasteiger partial charge in [-0.15, -0.1) is 0 Å². The van der Waals surface area contributed by atoms with Crippen molar-refractivity contribution in [2.45, 2.75) is 25.3 Å². The number of hydrogen-bond donors (Lipinski definition) is 2. The van der Waals surface area contributed by atoms with Crippen LogP contribution in [-0.2, 0) is 4.74 Å². The summed E-state index contributed by atoms with van der Waals surface area (Å²) in [6, 6.07) is 7.43. The highest BCUT2D eigenvalue weighted by atomic mass is 16.5. The Labute approximate surface area is 119 Å². The summed E-state index contributed by atoms with van der Waals surface area (Å²) in [6.07, 6.45) is 2.17. The molecule has 106 valence electrons. The molecule has 20 heavy (non-hydrogen) atoms. The van der Waals surface area contributed by atoms with E-state index >= 15 is 0 Å². The molecule has 0 bridgehead atoms. The van der Waals surface area contributed by atoms with E-state index in [1.807, 2.05) is 12.1 Å². The average molecular weight is 273 g/mol. The van der Waals surface area contributed by atoms with Gasteiger partial charge in [0.1, 0.15) is 0 Å². The zero-order valence-corrected chi connectivity index (χ0v) is 11.4. The Kier molecular flexibility index (Phi) is 5.60. The van der Waals surface area contributed by atoms with Gasteiger partial charge < -0.3 is 15.2 Å². The number of hydrogen-bond acceptors (Lipinski definition) is 3. The lowest BCUT2D eigenvalue weighted by molar-refractivity contribution is 0.0696. The van der Waals surface area contributed by atoms with Crippen molar-refractivity contribution >= 4 is 5.91 Å². The zero-order valence-electron chi connectivity index (χ0n) is 11.4. The fraction of sp³-hybridized carbons (Fsp3) is 0.438. The van der Waals surface area contributed by atoms with E-state index in [1.54, 1.807) is 12.1 Å². The number of aliphatic hydroxyl groups excluding tert-OH is 1. The van der Waals surface area contributed by atoms with Crippen LogP contribution in [0.2, 0.25) is 0 Å². The standard InChI is InChI=1S/C16H19NO3/c18-9-2-1-4-13-5-3-6-14(12-13)16(19)17-15-7-10-20-11-8-15/h3,5-6,12,15,18H,2,7-11H2,(H,17,19). The minimum Gasteiger partial charge on any atom is -0.395 e. The van der Waals surface area contributed by atoms with Crippen LogP contribution in [0.15, 0.2) is 24.3 Å². The number of carbonyl (C=O) groups excluding carboxylic acids is 1. The van der Waals surface area contributed by atoms with Crippen LogP contribution in [0.1, 0.15) is 35.2 Å². The molecule has 2 N–H and O–H groups in total. The van der Waals surface area contributed by atoms with Gasteiger partial charge in [0, 0.05) is 36.8 Å². The third kappa shape index (κ3) is 4.37. The molecule has 0 saturated carbocycles. The van der Waals surface area contributed by atoms with E-state index in [0.29, 0.717) is 25.2 Å². The maximum atomic E-state index is 12.2. The first kappa shape index (κ1) is 14.6. The molecule has 2 rings (SSSR count). The van der Waals surface area contributed by atoms with Crippen LogP contribution in [-0.4, -0.2) is 36.9 Å². The lowest BCUT2D eigenvalue weighted by Crippen LogP contribution is -2.38. The van der Waals surface area contributed by atoms with E-state index in [-0.39, 0.29) is 18.6 Å². The first-order valence-electron chi connectivity index (χ1n) is 6.88. The summed E-state index contributed by atoms with van der Waals surface area (Å²) in [5, 5.41) is 11.7. The van der Waals surface area contributed by atoms with Gasteiger partial charge >= 0.3 is 0 Å². The van der Waals surface area contributed by atoms with Gasteiger partial charge in [-0.25, -0.2) is 0 Å². The number of aliphatic hydroxyl groups is 1. The summed E-state index contributed by atoms with van der Waals surface area (Å²) in [4.78, 5) is 12.2. The Morgan fingerprint density at radius 1 is 1.40 bits per heavy atom. The molecule has 4 heteroatoms. The van der Waals surface area contributed by atoms with Gasteiger partial charge in [-0.05, 0) is 31.0 Å². The second-order valence-corrected chi connectivity index (χ2v) is 4.72. The molecule has 0 aromatic heterocycles. The number of benzene rings is 1. The molecule has 0 spiro atoms. The number of amides is 1. The molecule has 1 fully saturated rings. The lowest BCUT2D eigenvalue weighted by Gasteiger charge is -2.23. The van der Waals surface area contributed by atoms with Crippen LogP contribution in [0.5, 0.6) is 0 Å². The van der Waals surface area contributed by atoms with Gasteiger partial charge in [0.15, 0.2) is 0 Å². The molecule has 0 aliphatic carbocycles. The van der Waals surface area contributed by atoms with E-state index in [4.69, 9.17) is 9.84 Å². The van der Waals surface area contributed by atoms with Gasteiger partial charge in [0.05, 0.1) is 6.61 Å². The SMILES string of the molecule is O=C(NC1CCOCC1)c1cccc(C#CCCO)c1. The Bertz CT molecular complexity index is 510. The Balaban J connectivity index is 1.99. The molecular formula is C16H19NO3. The summed E-state index contributed by atoms with van der Waals surface area (Å²) >= 11 is 0. The average Bonchev–Trinajstić information content (AvgIpc) is 2.49. The van der Waals surface area contributed by atoms with E-state index in [1.165, 1.54) is 0 Å². The zero-order chi connectivity index (χ0) is 14.2. The normalized spacial score (nSPS) is 15.2. The highest BCUT2D eigenvalue weighted by Gasteiger charge is 2.16. The Morgan fingerprint density at radius 3 is 2.95 bits per heavy atom. The van der Waals surface area contributed by atoms with Crippen LogP contribution in [0, 0.1) is 11.8 Å². The summed E-state index contributed by atoms with van der Waals surface area (Å²) in [5.74, 6) is 5.72. The molecule has 1 amide bonds. The minimum atomic E-state index is -0.0669. The molecule has 1 saturated heterocycles. The van der Waals surface area contributed by atoms with Crippen LogP contribution in [0.25, 0.3) is 0 Å². The highest BCUT2D eigenvalue weighted by Crippen LogP contribution is 2.09. The summed E-state index contributed by atoms with van der Waals surface area (Å²) in [6.45, 7) is 1.46. The van der Waals surface area contributed by atoms with Crippen molar-refractivity contribution in [2.75, 3.05) is 19.8 Å². The summed E-state index contributed by atoms with van der Waals surface area (Å²) < 4.78 is 5.27. The quantitative estimate of drug-likeness (QED) is 0.817. The Hall–Kier alpha value is -1.83. The monoisotopic (exact) mass is 273 g/mol. The second kappa shape index (κ2) is 7.68. The molecule has 1 aromatic carbocycles.